The van der Waals surface area contributed by atoms with Gasteiger partial charge in [-0.25, -0.2) is 4.57 Å². The standard InChI is InChI=1S/C22H28N6OS3/c1-7-22(6)8-14-15(9-29-22)32-18-16(14)17-23-25-20(30-10-12(2)3)27(17)19-24-26-21(28(18)19)31-11-13(4)5/h17,23H,2,4,7-11H2,1,3,5-6H3/t17?,22-/m0/s1. The topological polar surface area (TPSA) is 67.6 Å². The van der Waals surface area contributed by atoms with Gasteiger partial charge in [-0.1, -0.05) is 54.8 Å². The summed E-state index contributed by atoms with van der Waals surface area (Å²) in [5.41, 5.74) is 8.15. The monoisotopic (exact) mass is 488 g/mol. The maximum absolute atomic E-state index is 6.27. The minimum absolute atomic E-state index is 0.0764. The van der Waals surface area contributed by atoms with E-state index in [1.165, 1.54) is 21.0 Å². The molecule has 5 heterocycles. The van der Waals surface area contributed by atoms with Gasteiger partial charge in [-0.05, 0) is 32.8 Å². The zero-order valence-corrected chi connectivity index (χ0v) is 21.3. The van der Waals surface area contributed by atoms with Crippen LogP contribution in [0.15, 0.2) is 34.6 Å². The fourth-order valence-electron chi connectivity index (χ4n) is 4.06. The van der Waals surface area contributed by atoms with E-state index in [1.54, 1.807) is 34.9 Å². The van der Waals surface area contributed by atoms with Crippen molar-refractivity contribution in [3.05, 3.63) is 40.3 Å². The van der Waals surface area contributed by atoms with Crippen LogP contribution in [0.2, 0.25) is 0 Å². The number of fused-ring (bicyclic) bond motifs is 8. The van der Waals surface area contributed by atoms with Gasteiger partial charge in [0.1, 0.15) is 5.00 Å². The van der Waals surface area contributed by atoms with Gasteiger partial charge in [-0.2, -0.15) is 5.10 Å². The van der Waals surface area contributed by atoms with Crippen LogP contribution < -0.4 is 10.3 Å². The third-order valence-corrected chi connectivity index (χ3v) is 9.46. The number of hydrogen-bond acceptors (Lipinski definition) is 9. The molecule has 0 spiro atoms. The number of nitrogens with one attached hydrogen (secondary N) is 1. The van der Waals surface area contributed by atoms with Crippen molar-refractivity contribution in [2.24, 2.45) is 5.10 Å². The Morgan fingerprint density at radius 1 is 1.25 bits per heavy atom. The van der Waals surface area contributed by atoms with Gasteiger partial charge in [0.25, 0.3) is 0 Å². The van der Waals surface area contributed by atoms with Gasteiger partial charge < -0.3 is 4.74 Å². The normalized spacial score (nSPS) is 23.1. The molecule has 3 aliphatic heterocycles. The molecular formula is C22H28N6OS3. The van der Waals surface area contributed by atoms with Gasteiger partial charge in [-0.15, -0.1) is 21.5 Å². The number of hydrazone groups is 1. The number of thioether (sulfide) groups is 2. The number of rotatable bonds is 6. The van der Waals surface area contributed by atoms with Gasteiger partial charge in [0.2, 0.25) is 5.95 Å². The SMILES string of the molecule is C=C(C)CSC1=NNC2c3c(sc4c3C[C@](C)(CC)OC4)-n3c(SCC(=C)C)nnc3N12. The summed E-state index contributed by atoms with van der Waals surface area (Å²) in [6, 6.07) is 0. The number of anilines is 1. The molecule has 0 bridgehead atoms. The first-order valence-electron chi connectivity index (χ1n) is 10.7. The summed E-state index contributed by atoms with van der Waals surface area (Å²) in [6.45, 7) is 17.2. The predicted octanol–water partition coefficient (Wildman–Crippen LogP) is 5.24. The Morgan fingerprint density at radius 3 is 2.72 bits per heavy atom. The number of amidine groups is 1. The minimum atomic E-state index is -0.144. The summed E-state index contributed by atoms with van der Waals surface area (Å²) in [5.74, 6) is 2.43. The van der Waals surface area contributed by atoms with Gasteiger partial charge in [0.05, 0.1) is 12.2 Å². The molecule has 1 unspecified atom stereocenters. The van der Waals surface area contributed by atoms with Crippen molar-refractivity contribution in [2.75, 3.05) is 16.4 Å². The Morgan fingerprint density at radius 2 is 2.00 bits per heavy atom. The third-order valence-electron chi connectivity index (χ3n) is 5.91. The van der Waals surface area contributed by atoms with Crippen LogP contribution in [0.3, 0.4) is 0 Å². The van der Waals surface area contributed by atoms with E-state index < -0.39 is 0 Å². The van der Waals surface area contributed by atoms with Gasteiger partial charge in [0, 0.05) is 28.4 Å². The molecule has 0 radical (unpaired) electrons. The molecule has 2 aromatic heterocycles. The molecule has 10 heteroatoms. The molecule has 32 heavy (non-hydrogen) atoms. The number of ether oxygens (including phenoxy) is 1. The van der Waals surface area contributed by atoms with Crippen molar-refractivity contribution in [1.29, 1.82) is 0 Å². The Labute approximate surface area is 201 Å². The lowest BCUT2D eigenvalue weighted by Gasteiger charge is -2.35. The van der Waals surface area contributed by atoms with Crippen LogP contribution in [0, 0.1) is 0 Å². The molecule has 0 aliphatic carbocycles. The van der Waals surface area contributed by atoms with Crippen molar-refractivity contribution < 1.29 is 4.74 Å². The van der Waals surface area contributed by atoms with Crippen LogP contribution in [0.1, 0.15) is 56.3 Å². The first-order chi connectivity index (χ1) is 15.3. The summed E-state index contributed by atoms with van der Waals surface area (Å²) in [5, 5.41) is 16.9. The zero-order chi connectivity index (χ0) is 22.6. The Kier molecular flexibility index (Phi) is 5.68. The summed E-state index contributed by atoms with van der Waals surface area (Å²) in [4.78, 5) is 3.49. The van der Waals surface area contributed by atoms with Gasteiger partial charge in [0.15, 0.2) is 16.5 Å². The lowest BCUT2D eigenvalue weighted by Crippen LogP contribution is -2.40. The Balaban J connectivity index is 1.63. The molecule has 1 N–H and O–H groups in total. The van der Waals surface area contributed by atoms with Crippen molar-refractivity contribution >= 4 is 46.0 Å². The number of hydrogen-bond donors (Lipinski definition) is 1. The van der Waals surface area contributed by atoms with Gasteiger partial charge >= 0.3 is 0 Å². The predicted molar refractivity (Wildman–Crippen MR) is 135 cm³/mol. The molecular weight excluding hydrogens is 460 g/mol. The second-order valence-corrected chi connectivity index (χ2v) is 11.9. The van der Waals surface area contributed by atoms with Crippen LogP contribution in [-0.4, -0.2) is 37.0 Å². The van der Waals surface area contributed by atoms with Crippen LogP contribution >= 0.6 is 34.9 Å². The number of thiophene rings is 1. The van der Waals surface area contributed by atoms with E-state index in [0.29, 0.717) is 6.61 Å². The first kappa shape index (κ1) is 22.1. The summed E-state index contributed by atoms with van der Waals surface area (Å²) >= 11 is 5.15. The molecule has 0 amide bonds. The number of nitrogens with zero attached hydrogens (tertiary/aromatic N) is 5. The van der Waals surface area contributed by atoms with E-state index in [2.05, 4.69) is 52.1 Å². The maximum Gasteiger partial charge on any atom is 0.241 e. The summed E-state index contributed by atoms with van der Waals surface area (Å²) in [7, 11) is 0. The molecule has 5 rings (SSSR count). The van der Waals surface area contributed by atoms with E-state index in [4.69, 9.17) is 9.84 Å². The Hall–Kier alpha value is -1.75. The molecule has 3 aliphatic rings. The fourth-order valence-corrected chi connectivity index (χ4v) is 6.98. The molecule has 2 atom stereocenters. The highest BCUT2D eigenvalue weighted by Gasteiger charge is 2.46. The van der Waals surface area contributed by atoms with Crippen molar-refractivity contribution in [3.63, 3.8) is 0 Å². The fraction of sp³-hybridized carbons (Fsp3) is 0.500. The highest BCUT2D eigenvalue weighted by molar-refractivity contribution is 8.14. The highest BCUT2D eigenvalue weighted by Crippen LogP contribution is 2.50. The van der Waals surface area contributed by atoms with E-state index in [9.17, 15) is 0 Å². The molecule has 0 aromatic carbocycles. The first-order valence-corrected chi connectivity index (χ1v) is 13.5. The van der Waals surface area contributed by atoms with Crippen LogP contribution in [-0.2, 0) is 17.8 Å². The molecule has 7 nitrogen and oxygen atoms in total. The van der Waals surface area contributed by atoms with Crippen molar-refractivity contribution in [2.45, 2.75) is 64.1 Å². The summed E-state index contributed by atoms with van der Waals surface area (Å²) < 4.78 is 8.48. The second kappa shape index (κ2) is 8.23. The second-order valence-electron chi connectivity index (χ2n) is 8.90. The third kappa shape index (κ3) is 3.61. The largest absolute Gasteiger partial charge is 0.369 e. The molecule has 170 valence electrons. The van der Waals surface area contributed by atoms with Crippen LogP contribution in [0.25, 0.3) is 5.00 Å². The van der Waals surface area contributed by atoms with E-state index >= 15 is 0 Å². The molecule has 0 saturated heterocycles. The smallest absolute Gasteiger partial charge is 0.241 e. The quantitative estimate of drug-likeness (QED) is 0.440. The molecule has 0 saturated carbocycles. The highest BCUT2D eigenvalue weighted by atomic mass is 32.2. The summed E-state index contributed by atoms with van der Waals surface area (Å²) in [6.07, 6.45) is 1.80. The number of aromatic nitrogens is 3. The molecule has 2 aromatic rings. The van der Waals surface area contributed by atoms with Crippen LogP contribution in [0.4, 0.5) is 5.95 Å². The minimum Gasteiger partial charge on any atom is -0.369 e. The van der Waals surface area contributed by atoms with Gasteiger partial charge in [-0.3, -0.25) is 10.3 Å². The lowest BCUT2D eigenvalue weighted by molar-refractivity contribution is -0.0549. The average Bonchev–Trinajstić information content (AvgIpc) is 3.44. The van der Waals surface area contributed by atoms with Crippen LogP contribution in [0.5, 0.6) is 0 Å². The van der Waals surface area contributed by atoms with E-state index in [-0.39, 0.29) is 11.8 Å². The van der Waals surface area contributed by atoms with Crippen molar-refractivity contribution in [3.8, 4) is 5.00 Å². The Bertz CT molecular complexity index is 1140. The maximum atomic E-state index is 6.27. The average molecular weight is 489 g/mol. The van der Waals surface area contributed by atoms with E-state index in [0.717, 1.165) is 51.8 Å². The van der Waals surface area contributed by atoms with E-state index in [1.807, 2.05) is 13.8 Å². The lowest BCUT2D eigenvalue weighted by atomic mass is 9.88. The zero-order valence-electron chi connectivity index (χ0n) is 18.9. The van der Waals surface area contributed by atoms with Crippen molar-refractivity contribution in [1.82, 2.24) is 20.2 Å². The molecule has 0 fully saturated rings.